The van der Waals surface area contributed by atoms with Crippen LogP contribution in [0.2, 0.25) is 5.15 Å². The minimum atomic E-state index is 0.535. The van der Waals surface area contributed by atoms with Crippen molar-refractivity contribution in [3.8, 4) is 0 Å². The summed E-state index contributed by atoms with van der Waals surface area (Å²) in [6.07, 6.45) is 5.24. The van der Waals surface area contributed by atoms with Crippen LogP contribution in [-0.2, 0) is 6.42 Å². The second-order valence-corrected chi connectivity index (χ2v) is 6.46. The molecule has 1 unspecified atom stereocenters. The van der Waals surface area contributed by atoms with Crippen molar-refractivity contribution in [2.24, 2.45) is 10.9 Å². The van der Waals surface area contributed by atoms with Crippen molar-refractivity contribution in [3.05, 3.63) is 29.0 Å². The highest BCUT2D eigenvalue weighted by Crippen LogP contribution is 2.15. The number of likely N-dealkylation sites (tertiary alicyclic amines) is 1. The summed E-state index contributed by atoms with van der Waals surface area (Å²) < 4.78 is 0. The van der Waals surface area contributed by atoms with Crippen LogP contribution in [0.1, 0.15) is 25.3 Å². The largest absolute Gasteiger partial charge is 0.356 e. The SMILES string of the molecule is CCCN1CCC(CNC(=NC)NCCc2ccc(Cl)nc2)C1. The molecule has 2 N–H and O–H groups in total. The van der Waals surface area contributed by atoms with Crippen LogP contribution in [0.4, 0.5) is 0 Å². The molecule has 6 heteroatoms. The molecule has 1 fully saturated rings. The molecule has 0 spiro atoms. The summed E-state index contributed by atoms with van der Waals surface area (Å²) in [5.41, 5.74) is 1.17. The maximum absolute atomic E-state index is 5.79. The van der Waals surface area contributed by atoms with Crippen molar-refractivity contribution in [1.29, 1.82) is 0 Å². The maximum Gasteiger partial charge on any atom is 0.190 e. The molecular formula is C17H28ClN5. The molecule has 1 saturated heterocycles. The molecule has 0 aromatic carbocycles. The number of pyridine rings is 1. The van der Waals surface area contributed by atoms with Crippen molar-refractivity contribution < 1.29 is 0 Å². The highest BCUT2D eigenvalue weighted by molar-refractivity contribution is 6.29. The summed E-state index contributed by atoms with van der Waals surface area (Å²) in [5.74, 6) is 1.60. The van der Waals surface area contributed by atoms with Gasteiger partial charge in [0.25, 0.3) is 0 Å². The van der Waals surface area contributed by atoms with Crippen LogP contribution in [0.3, 0.4) is 0 Å². The first-order valence-electron chi connectivity index (χ1n) is 8.48. The van der Waals surface area contributed by atoms with Crippen molar-refractivity contribution in [3.63, 3.8) is 0 Å². The normalized spacial score (nSPS) is 19.1. The Balaban J connectivity index is 1.65. The van der Waals surface area contributed by atoms with E-state index in [-0.39, 0.29) is 0 Å². The van der Waals surface area contributed by atoms with Gasteiger partial charge in [0.2, 0.25) is 0 Å². The zero-order chi connectivity index (χ0) is 16.5. The average molecular weight is 338 g/mol. The number of aromatic nitrogens is 1. The second-order valence-electron chi connectivity index (χ2n) is 6.07. The van der Waals surface area contributed by atoms with Crippen molar-refractivity contribution in [2.75, 3.05) is 39.8 Å². The monoisotopic (exact) mass is 337 g/mol. The Labute approximate surface area is 144 Å². The van der Waals surface area contributed by atoms with Gasteiger partial charge in [0.15, 0.2) is 5.96 Å². The number of aliphatic imine (C=N–C) groups is 1. The van der Waals surface area contributed by atoms with Gasteiger partial charge in [0.05, 0.1) is 0 Å². The zero-order valence-corrected chi connectivity index (χ0v) is 14.9. The van der Waals surface area contributed by atoms with E-state index >= 15 is 0 Å². The summed E-state index contributed by atoms with van der Waals surface area (Å²) in [4.78, 5) is 10.9. The molecule has 5 nitrogen and oxygen atoms in total. The lowest BCUT2D eigenvalue weighted by Gasteiger charge is -2.17. The molecule has 0 saturated carbocycles. The van der Waals surface area contributed by atoms with Crippen LogP contribution in [0, 0.1) is 5.92 Å². The van der Waals surface area contributed by atoms with Gasteiger partial charge in [-0.3, -0.25) is 4.99 Å². The fraction of sp³-hybridized carbons (Fsp3) is 0.647. The molecule has 2 heterocycles. The first kappa shape index (κ1) is 18.0. The summed E-state index contributed by atoms with van der Waals surface area (Å²) in [6, 6.07) is 3.83. The van der Waals surface area contributed by atoms with Gasteiger partial charge in [-0.25, -0.2) is 4.98 Å². The number of nitrogens with zero attached hydrogens (tertiary/aromatic N) is 3. The van der Waals surface area contributed by atoms with Crippen molar-refractivity contribution >= 4 is 17.6 Å². The lowest BCUT2D eigenvalue weighted by atomic mass is 10.1. The molecule has 1 aromatic rings. The minimum Gasteiger partial charge on any atom is -0.356 e. The van der Waals surface area contributed by atoms with Crippen molar-refractivity contribution in [1.82, 2.24) is 20.5 Å². The third-order valence-electron chi connectivity index (χ3n) is 4.19. The molecule has 128 valence electrons. The van der Waals surface area contributed by atoms with Gasteiger partial charge in [0.1, 0.15) is 5.15 Å². The lowest BCUT2D eigenvalue weighted by molar-refractivity contribution is 0.324. The fourth-order valence-electron chi connectivity index (χ4n) is 2.94. The standard InChI is InChI=1S/C17H28ClN5/c1-3-9-23-10-7-15(13-23)12-22-17(19-2)20-8-6-14-4-5-16(18)21-11-14/h4-5,11,15H,3,6-10,12-13H2,1-2H3,(H2,19,20,22). The first-order chi connectivity index (χ1) is 11.2. The van der Waals surface area contributed by atoms with E-state index in [0.29, 0.717) is 5.15 Å². The predicted octanol–water partition coefficient (Wildman–Crippen LogP) is 2.17. The Hall–Kier alpha value is -1.33. The van der Waals surface area contributed by atoms with Gasteiger partial charge in [0, 0.05) is 32.9 Å². The quantitative estimate of drug-likeness (QED) is 0.455. The van der Waals surface area contributed by atoms with Crippen LogP contribution in [0.15, 0.2) is 23.3 Å². The van der Waals surface area contributed by atoms with Crippen LogP contribution in [0.5, 0.6) is 0 Å². The summed E-state index contributed by atoms with van der Waals surface area (Å²) in [6.45, 7) is 7.72. The third-order valence-corrected chi connectivity index (χ3v) is 4.41. The average Bonchev–Trinajstić information content (AvgIpc) is 3.00. The third kappa shape index (κ3) is 6.36. The van der Waals surface area contributed by atoms with Gasteiger partial charge < -0.3 is 15.5 Å². The van der Waals surface area contributed by atoms with Crippen LogP contribution in [-0.4, -0.2) is 55.6 Å². The van der Waals surface area contributed by atoms with Crippen LogP contribution < -0.4 is 10.6 Å². The zero-order valence-electron chi connectivity index (χ0n) is 14.2. The van der Waals surface area contributed by atoms with Crippen molar-refractivity contribution in [2.45, 2.75) is 26.2 Å². The fourth-order valence-corrected chi connectivity index (χ4v) is 3.05. The minimum absolute atomic E-state index is 0.535. The van der Waals surface area contributed by atoms with E-state index in [4.69, 9.17) is 11.6 Å². The molecule has 1 aliphatic heterocycles. The molecule has 0 amide bonds. The van der Waals surface area contributed by atoms with Gasteiger partial charge in [-0.05, 0) is 49.9 Å². The predicted molar refractivity (Wildman–Crippen MR) is 97.2 cm³/mol. The topological polar surface area (TPSA) is 52.5 Å². The van der Waals surface area contributed by atoms with E-state index in [1.807, 2.05) is 25.4 Å². The molecule has 0 bridgehead atoms. The second kappa shape index (κ2) is 9.73. The van der Waals surface area contributed by atoms with E-state index < -0.39 is 0 Å². The van der Waals surface area contributed by atoms with E-state index in [9.17, 15) is 0 Å². The molecule has 0 aliphatic carbocycles. The lowest BCUT2D eigenvalue weighted by Crippen LogP contribution is -2.41. The smallest absolute Gasteiger partial charge is 0.190 e. The molecule has 2 rings (SSSR count). The number of guanidine groups is 1. The Morgan fingerprint density at radius 2 is 2.30 bits per heavy atom. The number of hydrogen-bond donors (Lipinski definition) is 2. The van der Waals surface area contributed by atoms with Crippen LogP contribution >= 0.6 is 11.6 Å². The molecule has 1 atom stereocenters. The van der Waals surface area contributed by atoms with Gasteiger partial charge >= 0.3 is 0 Å². The molecular weight excluding hydrogens is 310 g/mol. The molecule has 23 heavy (non-hydrogen) atoms. The number of hydrogen-bond acceptors (Lipinski definition) is 3. The van der Waals surface area contributed by atoms with Crippen LogP contribution in [0.25, 0.3) is 0 Å². The van der Waals surface area contributed by atoms with E-state index in [1.165, 1.54) is 38.0 Å². The molecule has 0 radical (unpaired) electrons. The number of rotatable bonds is 7. The summed E-state index contributed by atoms with van der Waals surface area (Å²) in [5, 5.41) is 7.34. The summed E-state index contributed by atoms with van der Waals surface area (Å²) in [7, 11) is 1.82. The van der Waals surface area contributed by atoms with E-state index in [2.05, 4.69) is 32.4 Å². The molecule has 1 aromatic heterocycles. The van der Waals surface area contributed by atoms with E-state index in [0.717, 1.165) is 31.4 Å². The number of nitrogens with one attached hydrogen (secondary N) is 2. The first-order valence-corrected chi connectivity index (χ1v) is 8.86. The molecule has 1 aliphatic rings. The van der Waals surface area contributed by atoms with Gasteiger partial charge in [-0.1, -0.05) is 24.6 Å². The highest BCUT2D eigenvalue weighted by Gasteiger charge is 2.21. The van der Waals surface area contributed by atoms with Gasteiger partial charge in [-0.2, -0.15) is 0 Å². The Kier molecular flexibility index (Phi) is 7.62. The van der Waals surface area contributed by atoms with Gasteiger partial charge in [-0.15, -0.1) is 0 Å². The Morgan fingerprint density at radius 3 is 3.00 bits per heavy atom. The highest BCUT2D eigenvalue weighted by atomic mass is 35.5. The Bertz CT molecular complexity index is 488. The number of halogens is 1. The summed E-state index contributed by atoms with van der Waals surface area (Å²) >= 11 is 5.79. The van der Waals surface area contributed by atoms with E-state index in [1.54, 1.807) is 0 Å². The maximum atomic E-state index is 5.79. The Morgan fingerprint density at radius 1 is 1.43 bits per heavy atom.